The number of aliphatic carboxylic acids is 1. The van der Waals surface area contributed by atoms with Crippen LogP contribution in [0.2, 0.25) is 0 Å². The number of benzene rings is 1. The number of rotatable bonds is 4. The van der Waals surface area contributed by atoms with Crippen LogP contribution in [0.15, 0.2) is 30.3 Å². The number of carbonyl (C=O) groups is 1. The van der Waals surface area contributed by atoms with Crippen molar-refractivity contribution < 1.29 is 9.90 Å². The molecule has 0 aliphatic heterocycles. The summed E-state index contributed by atoms with van der Waals surface area (Å²) in [5.74, 6) is -0.0267. The van der Waals surface area contributed by atoms with Crippen molar-refractivity contribution in [1.29, 1.82) is 0 Å². The van der Waals surface area contributed by atoms with Gasteiger partial charge in [-0.1, -0.05) is 30.3 Å². The van der Waals surface area contributed by atoms with Gasteiger partial charge in [-0.15, -0.1) is 0 Å². The molecule has 1 aromatic rings. The molecular weight excluding hydrogens is 262 g/mol. The fourth-order valence-corrected chi connectivity index (χ4v) is 4.00. The second-order valence-electron chi connectivity index (χ2n) is 6.67. The lowest BCUT2D eigenvalue weighted by Crippen LogP contribution is -2.40. The van der Waals surface area contributed by atoms with E-state index >= 15 is 0 Å². The largest absolute Gasteiger partial charge is 0.481 e. The molecule has 2 aliphatic rings. The minimum Gasteiger partial charge on any atom is -0.481 e. The second-order valence-corrected chi connectivity index (χ2v) is 6.67. The first-order chi connectivity index (χ1) is 10.2. The third-order valence-electron chi connectivity index (χ3n) is 5.25. The number of carboxylic acids is 1. The molecule has 1 aromatic carbocycles. The van der Waals surface area contributed by atoms with E-state index in [0.29, 0.717) is 18.0 Å². The van der Waals surface area contributed by atoms with Gasteiger partial charge >= 0.3 is 5.97 Å². The van der Waals surface area contributed by atoms with E-state index in [1.54, 1.807) is 0 Å². The van der Waals surface area contributed by atoms with Crippen molar-refractivity contribution in [1.82, 2.24) is 5.32 Å². The maximum Gasteiger partial charge on any atom is 0.306 e. The highest BCUT2D eigenvalue weighted by Crippen LogP contribution is 2.35. The van der Waals surface area contributed by atoms with E-state index in [9.17, 15) is 4.79 Å². The fourth-order valence-electron chi connectivity index (χ4n) is 4.00. The lowest BCUT2D eigenvalue weighted by atomic mass is 9.85. The summed E-state index contributed by atoms with van der Waals surface area (Å²) >= 11 is 0. The van der Waals surface area contributed by atoms with Crippen molar-refractivity contribution in [3.8, 4) is 0 Å². The Kier molecular flexibility index (Phi) is 4.59. The van der Waals surface area contributed by atoms with Crippen LogP contribution in [0.25, 0.3) is 0 Å². The normalized spacial score (nSPS) is 33.0. The number of carboxylic acid groups (broad SMARTS) is 1. The highest BCUT2D eigenvalue weighted by Gasteiger charge is 2.30. The molecule has 0 spiro atoms. The zero-order valence-electron chi connectivity index (χ0n) is 12.5. The van der Waals surface area contributed by atoms with Crippen LogP contribution in [-0.4, -0.2) is 23.2 Å². The molecule has 0 saturated heterocycles. The highest BCUT2D eigenvalue weighted by atomic mass is 16.4. The van der Waals surface area contributed by atoms with Crippen LogP contribution in [0.3, 0.4) is 0 Å². The molecule has 0 radical (unpaired) electrons. The quantitative estimate of drug-likeness (QED) is 0.890. The van der Waals surface area contributed by atoms with E-state index < -0.39 is 5.97 Å². The van der Waals surface area contributed by atoms with Gasteiger partial charge < -0.3 is 10.4 Å². The molecule has 21 heavy (non-hydrogen) atoms. The van der Waals surface area contributed by atoms with E-state index in [4.69, 9.17) is 5.11 Å². The van der Waals surface area contributed by atoms with Crippen molar-refractivity contribution in [2.24, 2.45) is 5.92 Å². The van der Waals surface area contributed by atoms with Crippen LogP contribution in [0.4, 0.5) is 0 Å². The first-order valence-electron chi connectivity index (χ1n) is 8.26. The van der Waals surface area contributed by atoms with Crippen LogP contribution in [0.1, 0.15) is 56.4 Å². The van der Waals surface area contributed by atoms with E-state index in [0.717, 1.165) is 25.7 Å². The molecule has 0 heterocycles. The molecular formula is C18H25NO2. The third kappa shape index (κ3) is 3.65. The lowest BCUT2D eigenvalue weighted by Gasteiger charge is -2.29. The SMILES string of the molecule is O=C(O)C1CCC(NC2CCC(c3ccccc3)C2)CC1. The Hall–Kier alpha value is -1.35. The Morgan fingerprint density at radius 3 is 2.29 bits per heavy atom. The van der Waals surface area contributed by atoms with E-state index in [-0.39, 0.29) is 5.92 Å². The molecule has 2 atom stereocenters. The second kappa shape index (κ2) is 6.61. The number of hydrogen-bond acceptors (Lipinski definition) is 2. The predicted octanol–water partition coefficient (Wildman–Crippen LogP) is 3.56. The monoisotopic (exact) mass is 287 g/mol. The van der Waals surface area contributed by atoms with Gasteiger partial charge in [0, 0.05) is 12.1 Å². The summed E-state index contributed by atoms with van der Waals surface area (Å²) in [6.07, 6.45) is 7.45. The Bertz CT molecular complexity index is 465. The van der Waals surface area contributed by atoms with Crippen molar-refractivity contribution >= 4 is 5.97 Å². The van der Waals surface area contributed by atoms with E-state index in [1.807, 2.05) is 0 Å². The molecule has 114 valence electrons. The maximum atomic E-state index is 11.0. The van der Waals surface area contributed by atoms with Gasteiger partial charge in [-0.25, -0.2) is 0 Å². The molecule has 3 rings (SSSR count). The van der Waals surface area contributed by atoms with E-state index in [2.05, 4.69) is 35.6 Å². The van der Waals surface area contributed by atoms with Gasteiger partial charge in [0.1, 0.15) is 0 Å². The zero-order valence-corrected chi connectivity index (χ0v) is 12.5. The number of nitrogens with one attached hydrogen (secondary N) is 1. The first kappa shape index (κ1) is 14.6. The Balaban J connectivity index is 1.46. The summed E-state index contributed by atoms with van der Waals surface area (Å²) in [7, 11) is 0. The summed E-state index contributed by atoms with van der Waals surface area (Å²) in [5, 5.41) is 12.8. The van der Waals surface area contributed by atoms with Crippen LogP contribution in [-0.2, 0) is 4.79 Å². The summed E-state index contributed by atoms with van der Waals surface area (Å²) < 4.78 is 0. The van der Waals surface area contributed by atoms with Crippen molar-refractivity contribution in [3.05, 3.63) is 35.9 Å². The Morgan fingerprint density at radius 2 is 1.62 bits per heavy atom. The van der Waals surface area contributed by atoms with Crippen LogP contribution in [0, 0.1) is 5.92 Å². The Labute approximate surface area is 126 Å². The maximum absolute atomic E-state index is 11.0. The lowest BCUT2D eigenvalue weighted by molar-refractivity contribution is -0.142. The Morgan fingerprint density at radius 1 is 0.952 bits per heavy atom. The van der Waals surface area contributed by atoms with Crippen molar-refractivity contribution in [2.45, 2.75) is 62.9 Å². The minimum atomic E-state index is -0.613. The molecule has 3 nitrogen and oxygen atoms in total. The van der Waals surface area contributed by atoms with Crippen LogP contribution in [0.5, 0.6) is 0 Å². The smallest absolute Gasteiger partial charge is 0.306 e. The highest BCUT2D eigenvalue weighted by molar-refractivity contribution is 5.70. The van der Waals surface area contributed by atoms with E-state index in [1.165, 1.54) is 24.8 Å². The molecule has 2 aliphatic carbocycles. The summed E-state index contributed by atoms with van der Waals surface area (Å²) in [6.45, 7) is 0. The van der Waals surface area contributed by atoms with Gasteiger partial charge in [0.2, 0.25) is 0 Å². The molecule has 2 saturated carbocycles. The van der Waals surface area contributed by atoms with Crippen molar-refractivity contribution in [2.75, 3.05) is 0 Å². The number of hydrogen-bond donors (Lipinski definition) is 2. The standard InChI is InChI=1S/C18H25NO2/c20-18(21)14-6-9-16(10-7-14)19-17-11-8-15(12-17)13-4-2-1-3-5-13/h1-5,14-17,19H,6-12H2,(H,20,21). The first-order valence-corrected chi connectivity index (χ1v) is 8.26. The summed E-state index contributed by atoms with van der Waals surface area (Å²) in [4.78, 5) is 11.0. The van der Waals surface area contributed by atoms with Gasteiger partial charge in [0.15, 0.2) is 0 Å². The molecule has 0 amide bonds. The summed E-state index contributed by atoms with van der Waals surface area (Å²) in [5.41, 5.74) is 1.47. The predicted molar refractivity (Wildman–Crippen MR) is 83.3 cm³/mol. The third-order valence-corrected chi connectivity index (χ3v) is 5.25. The topological polar surface area (TPSA) is 49.3 Å². The zero-order chi connectivity index (χ0) is 14.7. The average molecular weight is 287 g/mol. The van der Waals surface area contributed by atoms with Gasteiger partial charge in [-0.3, -0.25) is 4.79 Å². The van der Waals surface area contributed by atoms with Crippen LogP contribution >= 0.6 is 0 Å². The molecule has 2 N–H and O–H groups in total. The van der Waals surface area contributed by atoms with Gasteiger partial charge in [-0.05, 0) is 56.4 Å². The fraction of sp³-hybridized carbons (Fsp3) is 0.611. The van der Waals surface area contributed by atoms with Gasteiger partial charge in [0.05, 0.1) is 5.92 Å². The minimum absolute atomic E-state index is 0.108. The molecule has 2 fully saturated rings. The average Bonchev–Trinajstić information content (AvgIpc) is 2.97. The van der Waals surface area contributed by atoms with Gasteiger partial charge in [0.25, 0.3) is 0 Å². The van der Waals surface area contributed by atoms with Gasteiger partial charge in [-0.2, -0.15) is 0 Å². The molecule has 3 heteroatoms. The molecule has 0 bridgehead atoms. The van der Waals surface area contributed by atoms with Crippen molar-refractivity contribution in [3.63, 3.8) is 0 Å². The molecule has 0 aromatic heterocycles. The van der Waals surface area contributed by atoms with Crippen LogP contribution < -0.4 is 5.32 Å². The molecule has 2 unspecified atom stereocenters. The summed E-state index contributed by atoms with van der Waals surface area (Å²) in [6, 6.07) is 12.0.